The highest BCUT2D eigenvalue weighted by Gasteiger charge is 2.18. The lowest BCUT2D eigenvalue weighted by Crippen LogP contribution is -2.25. The number of hydrogen-bond acceptors (Lipinski definition) is 3. The van der Waals surface area contributed by atoms with Crippen molar-refractivity contribution in [3.63, 3.8) is 0 Å². The summed E-state index contributed by atoms with van der Waals surface area (Å²) in [5.41, 5.74) is 5.03. The van der Waals surface area contributed by atoms with Crippen LogP contribution < -0.4 is 10.6 Å². The Morgan fingerprint density at radius 1 is 0.815 bits per heavy atom. The molecule has 0 saturated carbocycles. The van der Waals surface area contributed by atoms with E-state index < -0.39 is 0 Å². The molecule has 0 fully saturated rings. The maximum absolute atomic E-state index is 12.8. The number of hydrogen-bond donors (Lipinski definition) is 2. The summed E-state index contributed by atoms with van der Waals surface area (Å²) in [5.74, 6) is -0.390. The second-order valence-electron chi connectivity index (χ2n) is 6.63. The van der Waals surface area contributed by atoms with Gasteiger partial charge in [0.1, 0.15) is 0 Å². The van der Waals surface area contributed by atoms with Gasteiger partial charge in [-0.15, -0.1) is 0 Å². The van der Waals surface area contributed by atoms with Gasteiger partial charge in [0.25, 0.3) is 5.91 Å². The number of nitrogens with one attached hydrogen (secondary N) is 2. The summed E-state index contributed by atoms with van der Waals surface area (Å²) in [6.07, 6.45) is 0. The highest BCUT2D eigenvalue weighted by atomic mass is 16.2. The van der Waals surface area contributed by atoms with Crippen molar-refractivity contribution >= 4 is 11.7 Å². The number of fused-ring (bicyclic) bond motifs is 1. The van der Waals surface area contributed by atoms with Crippen molar-refractivity contribution in [2.75, 3.05) is 0 Å². The minimum atomic E-state index is -0.242. The van der Waals surface area contributed by atoms with Gasteiger partial charge in [0, 0.05) is 30.8 Å². The average Bonchev–Trinajstić information content (AvgIpc) is 3.20. The molecule has 0 bridgehead atoms. The monoisotopic (exact) mass is 356 g/mol. The first-order chi connectivity index (χ1) is 13.2. The maximum atomic E-state index is 12.8. The van der Waals surface area contributed by atoms with Crippen LogP contribution in [0.25, 0.3) is 0 Å². The largest absolute Gasteiger partial charge is 0.348 e. The minimum absolute atomic E-state index is 0.148. The topological polar surface area (TPSA) is 58.2 Å². The van der Waals surface area contributed by atoms with E-state index >= 15 is 0 Å². The first kappa shape index (κ1) is 17.2. The van der Waals surface area contributed by atoms with Gasteiger partial charge in [-0.2, -0.15) is 0 Å². The third-order valence-electron chi connectivity index (χ3n) is 4.81. The Hall–Kier alpha value is -3.24. The van der Waals surface area contributed by atoms with E-state index in [2.05, 4.69) is 22.8 Å². The number of carbonyl (C=O) groups excluding carboxylic acids is 2. The molecule has 1 aliphatic rings. The van der Waals surface area contributed by atoms with Gasteiger partial charge in [-0.05, 0) is 22.8 Å². The summed E-state index contributed by atoms with van der Waals surface area (Å²) in [6, 6.07) is 22.2. The summed E-state index contributed by atoms with van der Waals surface area (Å²) in [7, 11) is 0. The average molecular weight is 356 g/mol. The lowest BCUT2D eigenvalue weighted by atomic mass is 9.98. The molecule has 1 heterocycles. The Labute approximate surface area is 158 Å². The number of ketones is 1. The predicted molar refractivity (Wildman–Crippen MR) is 104 cm³/mol. The second-order valence-corrected chi connectivity index (χ2v) is 6.63. The highest BCUT2D eigenvalue weighted by Crippen LogP contribution is 2.18. The van der Waals surface area contributed by atoms with Crippen molar-refractivity contribution in [1.29, 1.82) is 0 Å². The lowest BCUT2D eigenvalue weighted by molar-refractivity contribution is 0.0939. The molecule has 3 aromatic rings. The van der Waals surface area contributed by atoms with Crippen LogP contribution >= 0.6 is 0 Å². The van der Waals surface area contributed by atoms with Gasteiger partial charge in [-0.3, -0.25) is 9.59 Å². The Kier molecular flexibility index (Phi) is 4.81. The third kappa shape index (κ3) is 3.66. The van der Waals surface area contributed by atoms with Crippen LogP contribution in [0.3, 0.4) is 0 Å². The van der Waals surface area contributed by atoms with E-state index in [1.54, 1.807) is 36.4 Å². The molecular weight excluding hydrogens is 336 g/mol. The standard InChI is InChI=1S/C23H20N2O2/c26-22(17-6-2-1-3-7-17)20-8-4-5-9-21(20)23(27)25-13-16-10-11-18-14-24-15-19(18)12-16/h1-12,24H,13-15H2,(H,25,27). The lowest BCUT2D eigenvalue weighted by Gasteiger charge is -2.10. The van der Waals surface area contributed by atoms with Gasteiger partial charge in [0.05, 0.1) is 5.56 Å². The molecule has 27 heavy (non-hydrogen) atoms. The SMILES string of the molecule is O=C(NCc1ccc2c(c1)CNC2)c1ccccc1C(=O)c1ccccc1. The quantitative estimate of drug-likeness (QED) is 0.689. The number of benzene rings is 3. The minimum Gasteiger partial charge on any atom is -0.348 e. The molecule has 0 radical (unpaired) electrons. The van der Waals surface area contributed by atoms with Crippen LogP contribution in [0.2, 0.25) is 0 Å². The van der Waals surface area contributed by atoms with E-state index in [9.17, 15) is 9.59 Å². The van der Waals surface area contributed by atoms with Crippen LogP contribution in [0, 0.1) is 0 Å². The van der Waals surface area contributed by atoms with Crippen molar-refractivity contribution in [3.8, 4) is 0 Å². The normalized spacial score (nSPS) is 12.4. The van der Waals surface area contributed by atoms with E-state index in [-0.39, 0.29) is 11.7 Å². The van der Waals surface area contributed by atoms with Crippen molar-refractivity contribution in [2.45, 2.75) is 19.6 Å². The summed E-state index contributed by atoms with van der Waals surface area (Å²) in [6.45, 7) is 2.20. The zero-order valence-corrected chi connectivity index (χ0v) is 14.9. The summed E-state index contributed by atoms with van der Waals surface area (Å²) in [5, 5.41) is 6.26. The molecule has 4 heteroatoms. The Balaban J connectivity index is 1.52. The second kappa shape index (κ2) is 7.56. The Morgan fingerprint density at radius 2 is 1.52 bits per heavy atom. The molecule has 0 aromatic heterocycles. The fourth-order valence-corrected chi connectivity index (χ4v) is 3.36. The summed E-state index contributed by atoms with van der Waals surface area (Å²) in [4.78, 5) is 25.5. The number of rotatable bonds is 5. The van der Waals surface area contributed by atoms with E-state index in [0.717, 1.165) is 18.7 Å². The number of amides is 1. The molecule has 4 nitrogen and oxygen atoms in total. The molecular formula is C23H20N2O2. The summed E-state index contributed by atoms with van der Waals surface area (Å²) >= 11 is 0. The van der Waals surface area contributed by atoms with Crippen LogP contribution in [-0.4, -0.2) is 11.7 Å². The van der Waals surface area contributed by atoms with Crippen LogP contribution in [0.1, 0.15) is 43.0 Å². The van der Waals surface area contributed by atoms with Gasteiger partial charge in [-0.25, -0.2) is 0 Å². The zero-order valence-electron chi connectivity index (χ0n) is 14.9. The maximum Gasteiger partial charge on any atom is 0.252 e. The highest BCUT2D eigenvalue weighted by molar-refractivity contribution is 6.15. The Morgan fingerprint density at radius 3 is 2.33 bits per heavy atom. The molecule has 0 unspecified atom stereocenters. The molecule has 2 N–H and O–H groups in total. The van der Waals surface area contributed by atoms with E-state index in [1.165, 1.54) is 11.1 Å². The van der Waals surface area contributed by atoms with E-state index in [1.807, 2.05) is 24.3 Å². The molecule has 4 rings (SSSR count). The molecule has 0 aliphatic carbocycles. The zero-order chi connectivity index (χ0) is 18.6. The van der Waals surface area contributed by atoms with Crippen molar-refractivity contribution < 1.29 is 9.59 Å². The van der Waals surface area contributed by atoms with Crippen molar-refractivity contribution in [3.05, 3.63) is 106 Å². The first-order valence-corrected chi connectivity index (χ1v) is 9.01. The smallest absolute Gasteiger partial charge is 0.252 e. The van der Waals surface area contributed by atoms with Crippen LogP contribution in [-0.2, 0) is 19.6 Å². The predicted octanol–water partition coefficient (Wildman–Crippen LogP) is 3.45. The van der Waals surface area contributed by atoms with Crippen LogP contribution in [0.5, 0.6) is 0 Å². The molecule has 0 saturated heterocycles. The molecule has 1 amide bonds. The van der Waals surface area contributed by atoms with E-state index in [0.29, 0.717) is 23.2 Å². The van der Waals surface area contributed by atoms with Gasteiger partial charge in [0.15, 0.2) is 5.78 Å². The van der Waals surface area contributed by atoms with Gasteiger partial charge < -0.3 is 10.6 Å². The van der Waals surface area contributed by atoms with E-state index in [4.69, 9.17) is 0 Å². The molecule has 3 aromatic carbocycles. The molecule has 0 atom stereocenters. The molecule has 1 aliphatic heterocycles. The van der Waals surface area contributed by atoms with Crippen LogP contribution in [0.4, 0.5) is 0 Å². The summed E-state index contributed by atoms with van der Waals surface area (Å²) < 4.78 is 0. The van der Waals surface area contributed by atoms with Crippen molar-refractivity contribution in [1.82, 2.24) is 10.6 Å². The Bertz CT molecular complexity index is 996. The van der Waals surface area contributed by atoms with Gasteiger partial charge >= 0.3 is 0 Å². The first-order valence-electron chi connectivity index (χ1n) is 9.01. The van der Waals surface area contributed by atoms with Gasteiger partial charge in [-0.1, -0.05) is 66.7 Å². The van der Waals surface area contributed by atoms with Crippen LogP contribution in [0.15, 0.2) is 72.8 Å². The van der Waals surface area contributed by atoms with Crippen molar-refractivity contribution in [2.24, 2.45) is 0 Å². The fraction of sp³-hybridized carbons (Fsp3) is 0.130. The fourth-order valence-electron chi connectivity index (χ4n) is 3.36. The molecule has 0 spiro atoms. The number of carbonyl (C=O) groups is 2. The third-order valence-corrected chi connectivity index (χ3v) is 4.81. The molecule has 134 valence electrons. The van der Waals surface area contributed by atoms with Gasteiger partial charge in [0.2, 0.25) is 0 Å².